The summed E-state index contributed by atoms with van der Waals surface area (Å²) in [7, 11) is 2.11. The molecule has 0 aliphatic carbocycles. The second-order valence-corrected chi connectivity index (χ2v) is 1.51. The molecule has 1 fully saturated rings. The van der Waals surface area contributed by atoms with Crippen LogP contribution in [0.4, 0.5) is 0 Å². The summed E-state index contributed by atoms with van der Waals surface area (Å²) >= 11 is 0. The van der Waals surface area contributed by atoms with Gasteiger partial charge in [-0.2, -0.15) is 0 Å². The Morgan fingerprint density at radius 2 is 1.71 bits per heavy atom. The number of hydrogen-bond acceptors (Lipinski definition) is 1. The molecule has 1 heterocycles. The van der Waals surface area contributed by atoms with Crippen LogP contribution in [0.15, 0.2) is 0 Å². The molecule has 0 spiro atoms. The van der Waals surface area contributed by atoms with Gasteiger partial charge >= 0.3 is 0 Å². The van der Waals surface area contributed by atoms with Crippen molar-refractivity contribution in [2.45, 2.75) is 0 Å². The molecule has 0 unspecified atom stereocenters. The van der Waals surface area contributed by atoms with E-state index in [1.54, 1.807) is 0 Å². The van der Waals surface area contributed by atoms with Crippen molar-refractivity contribution in [1.29, 1.82) is 0 Å². The smallest absolute Gasteiger partial charge is 0 e. The Morgan fingerprint density at radius 1 is 1.43 bits per heavy atom. The minimum atomic E-state index is 0. The average Bonchev–Trinajstić information content (AvgIpc) is 1.30. The maximum atomic E-state index is 2.25. The number of hydrogen-bond donors (Lipinski definition) is 0. The predicted molar refractivity (Wildman–Crippen MR) is 28.2 cm³/mol. The molecular formula is C5H11NY-2. The van der Waals surface area contributed by atoms with Crippen molar-refractivity contribution in [3.05, 3.63) is 13.8 Å². The van der Waals surface area contributed by atoms with Gasteiger partial charge in [0.05, 0.1) is 0 Å². The van der Waals surface area contributed by atoms with Crippen molar-refractivity contribution >= 4 is 0 Å². The third kappa shape index (κ3) is 3.63. The van der Waals surface area contributed by atoms with E-state index < -0.39 is 0 Å². The maximum absolute atomic E-state index is 2.25. The predicted octanol–water partition coefficient (Wildman–Crippen LogP) is 0.584. The van der Waals surface area contributed by atoms with Gasteiger partial charge < -0.3 is 18.7 Å². The van der Waals surface area contributed by atoms with Crippen LogP contribution in [0.2, 0.25) is 0 Å². The molecule has 0 N–H and O–H groups in total. The van der Waals surface area contributed by atoms with Gasteiger partial charge in [0.15, 0.2) is 0 Å². The first kappa shape index (κ1) is 10.9. The molecule has 1 nitrogen and oxygen atoms in total. The monoisotopic (exact) mass is 174 g/mol. The second-order valence-electron chi connectivity index (χ2n) is 1.51. The van der Waals surface area contributed by atoms with Crippen LogP contribution in [0.25, 0.3) is 0 Å². The van der Waals surface area contributed by atoms with Crippen LogP contribution < -0.4 is 0 Å². The summed E-state index contributed by atoms with van der Waals surface area (Å²) in [6.45, 7) is 2.39. The average molecular weight is 174 g/mol. The van der Waals surface area contributed by atoms with E-state index in [-0.39, 0.29) is 40.1 Å². The topological polar surface area (TPSA) is 3.24 Å². The molecule has 41 valence electrons. The second kappa shape index (κ2) is 5.21. The van der Waals surface area contributed by atoms with E-state index in [2.05, 4.69) is 18.4 Å². The van der Waals surface area contributed by atoms with Crippen LogP contribution in [0.5, 0.6) is 0 Å². The van der Waals surface area contributed by atoms with E-state index in [1.165, 1.54) is 13.1 Å². The molecule has 0 bridgehead atoms. The largest absolute Gasteiger partial charge is 0.365 e. The summed E-state index contributed by atoms with van der Waals surface area (Å²) in [5.41, 5.74) is 0. The van der Waals surface area contributed by atoms with E-state index in [9.17, 15) is 0 Å². The quantitative estimate of drug-likeness (QED) is 0.485. The van der Waals surface area contributed by atoms with Gasteiger partial charge in [0.25, 0.3) is 0 Å². The van der Waals surface area contributed by atoms with E-state index in [0.29, 0.717) is 0 Å². The van der Waals surface area contributed by atoms with E-state index in [4.69, 9.17) is 0 Å². The molecule has 1 saturated heterocycles. The Balaban J connectivity index is 0. The fraction of sp³-hybridized carbons (Fsp3) is 0.600. The number of nitrogens with zero attached hydrogens (tertiary/aromatic N) is 1. The number of rotatable bonds is 0. The van der Waals surface area contributed by atoms with Crippen molar-refractivity contribution in [2.75, 3.05) is 20.1 Å². The van der Waals surface area contributed by atoms with Crippen molar-refractivity contribution in [3.8, 4) is 0 Å². The van der Waals surface area contributed by atoms with Gasteiger partial charge in [-0.15, -0.1) is 13.1 Å². The Labute approximate surface area is 71.3 Å². The van der Waals surface area contributed by atoms with Crippen molar-refractivity contribution in [1.82, 2.24) is 4.90 Å². The summed E-state index contributed by atoms with van der Waals surface area (Å²) in [6.07, 6.45) is 2.25. The van der Waals surface area contributed by atoms with Crippen LogP contribution in [-0.4, -0.2) is 25.0 Å². The van der Waals surface area contributed by atoms with Crippen LogP contribution >= 0.6 is 0 Å². The summed E-state index contributed by atoms with van der Waals surface area (Å²) in [5, 5.41) is 0. The van der Waals surface area contributed by atoms with Gasteiger partial charge in [0.2, 0.25) is 0 Å². The third-order valence-corrected chi connectivity index (χ3v) is 0.882. The maximum Gasteiger partial charge on any atom is 0 e. The fourth-order valence-corrected chi connectivity index (χ4v) is 0.387. The summed E-state index contributed by atoms with van der Waals surface area (Å²) < 4.78 is 0. The summed E-state index contributed by atoms with van der Waals surface area (Å²) in [5.74, 6) is 0. The Morgan fingerprint density at radius 3 is 1.71 bits per heavy atom. The zero-order valence-electron chi connectivity index (χ0n) is 5.02. The first-order valence-corrected chi connectivity index (χ1v) is 1.90. The molecule has 0 aromatic heterocycles. The number of likely N-dealkylation sites (tertiary alicyclic amines) is 1. The van der Waals surface area contributed by atoms with E-state index >= 15 is 0 Å². The van der Waals surface area contributed by atoms with E-state index in [0.717, 1.165) is 0 Å². The van der Waals surface area contributed by atoms with Gasteiger partial charge in [-0.25, -0.2) is 0 Å². The molecule has 0 aromatic carbocycles. The van der Waals surface area contributed by atoms with Crippen LogP contribution in [0, 0.1) is 13.8 Å². The first-order chi connectivity index (χ1) is 2.39. The van der Waals surface area contributed by atoms with Gasteiger partial charge in [0, 0.05) is 32.7 Å². The molecule has 7 heavy (non-hydrogen) atoms. The molecule has 0 aromatic rings. The Hall–Kier alpha value is 1.06. The van der Waals surface area contributed by atoms with Gasteiger partial charge in [0.1, 0.15) is 0 Å². The zero-order valence-corrected chi connectivity index (χ0v) is 7.85. The summed E-state index contributed by atoms with van der Waals surface area (Å²) in [6, 6.07) is 0. The summed E-state index contributed by atoms with van der Waals surface area (Å²) in [4.78, 5) is 2.25. The molecule has 1 rings (SSSR count). The van der Waals surface area contributed by atoms with Crippen LogP contribution in [0.1, 0.15) is 0 Å². The molecule has 2 heteroatoms. The molecule has 0 amide bonds. The zero-order chi connectivity index (χ0) is 3.70. The standard InChI is InChI=1S/C4H8N.CH3.Y/c1-5-3-2-4-5;;/h2H,3-4H2,1H3;1H3;/q2*-1;. The van der Waals surface area contributed by atoms with Gasteiger partial charge in [-0.05, 0) is 7.05 Å². The van der Waals surface area contributed by atoms with Gasteiger partial charge in [-0.1, -0.05) is 0 Å². The van der Waals surface area contributed by atoms with E-state index in [1.807, 2.05) is 0 Å². The van der Waals surface area contributed by atoms with Crippen molar-refractivity contribution in [3.63, 3.8) is 0 Å². The molecule has 0 saturated carbocycles. The minimum Gasteiger partial charge on any atom is -0.365 e. The fourth-order valence-electron chi connectivity index (χ4n) is 0.387. The molecule has 0 atom stereocenters. The SMILES string of the molecule is CN1C[CH-]C1.[CH3-].[Y]. The molecule has 1 aliphatic heterocycles. The van der Waals surface area contributed by atoms with Crippen molar-refractivity contribution in [2.24, 2.45) is 0 Å². The first-order valence-electron chi connectivity index (χ1n) is 1.90. The Kier molecular flexibility index (Phi) is 8.14. The normalized spacial score (nSPS) is 18.4. The molecule has 1 aliphatic rings. The minimum absolute atomic E-state index is 0. The molecular weight excluding hydrogens is 163 g/mol. The Bertz CT molecular complexity index is 35.1. The van der Waals surface area contributed by atoms with Crippen LogP contribution in [-0.2, 0) is 32.7 Å². The molecule has 1 radical (unpaired) electrons. The van der Waals surface area contributed by atoms with Crippen LogP contribution in [0.3, 0.4) is 0 Å². The van der Waals surface area contributed by atoms with Gasteiger partial charge in [-0.3, -0.25) is 0 Å². The van der Waals surface area contributed by atoms with Crippen molar-refractivity contribution < 1.29 is 32.7 Å². The third-order valence-electron chi connectivity index (χ3n) is 0.882.